The number of hydrogen-bond acceptors (Lipinski definition) is 6. The molecule has 0 amide bonds. The number of rotatable bonds is 6. The Morgan fingerprint density at radius 2 is 2.00 bits per heavy atom. The van der Waals surface area contributed by atoms with Crippen LogP contribution in [0.1, 0.15) is 24.3 Å². The lowest BCUT2D eigenvalue weighted by Gasteiger charge is -2.09. The Hall–Kier alpha value is -2.70. The van der Waals surface area contributed by atoms with Gasteiger partial charge in [-0.15, -0.1) is 5.10 Å². The van der Waals surface area contributed by atoms with Crippen LogP contribution in [-0.4, -0.2) is 39.9 Å². The number of anilines is 1. The minimum atomic E-state index is -0.409. The lowest BCUT2D eigenvalue weighted by Crippen LogP contribution is -2.19. The zero-order valence-corrected chi connectivity index (χ0v) is 11.9. The Labute approximate surface area is 121 Å². The van der Waals surface area contributed by atoms with Crippen molar-refractivity contribution in [3.63, 3.8) is 0 Å². The molecular weight excluding hydrogens is 272 g/mol. The summed E-state index contributed by atoms with van der Waals surface area (Å²) in [5, 5.41) is 10.7. The average molecular weight is 288 g/mol. The zero-order chi connectivity index (χ0) is 15.2. The second kappa shape index (κ2) is 6.65. The van der Waals surface area contributed by atoms with Crippen molar-refractivity contribution < 1.29 is 14.3 Å². The van der Waals surface area contributed by atoms with E-state index in [0.29, 0.717) is 12.4 Å². The number of Topliss-reactive ketones (excluding diaryl/α,β-unsaturated/α-hetero) is 1. The van der Waals surface area contributed by atoms with E-state index in [1.807, 2.05) is 30.3 Å². The number of para-hydroxylation sites is 1. The van der Waals surface area contributed by atoms with E-state index in [9.17, 15) is 9.59 Å². The lowest BCUT2D eigenvalue weighted by atomic mass is 10.3. The van der Waals surface area contributed by atoms with Gasteiger partial charge in [-0.1, -0.05) is 23.4 Å². The summed E-state index contributed by atoms with van der Waals surface area (Å²) in [7, 11) is 0. The van der Waals surface area contributed by atoms with Crippen LogP contribution in [-0.2, 0) is 9.53 Å². The number of ketones is 1. The third kappa shape index (κ3) is 3.44. The van der Waals surface area contributed by atoms with E-state index >= 15 is 0 Å². The maximum Gasteiger partial charge on any atom is 0.325 e. The second-order valence-corrected chi connectivity index (χ2v) is 4.25. The van der Waals surface area contributed by atoms with Crippen molar-refractivity contribution in [2.24, 2.45) is 0 Å². The van der Waals surface area contributed by atoms with Crippen LogP contribution < -0.4 is 5.32 Å². The first-order chi connectivity index (χ1) is 10.1. The average Bonchev–Trinajstić information content (AvgIpc) is 2.90. The largest absolute Gasteiger partial charge is 0.465 e. The van der Waals surface area contributed by atoms with E-state index in [-0.39, 0.29) is 18.0 Å². The molecule has 7 nitrogen and oxygen atoms in total. The highest BCUT2D eigenvalue weighted by molar-refractivity contribution is 5.97. The summed E-state index contributed by atoms with van der Waals surface area (Å²) in [4.78, 5) is 23.1. The summed E-state index contributed by atoms with van der Waals surface area (Å²) in [6.07, 6.45) is 0. The molecule has 0 bridgehead atoms. The molecular formula is C14H16N4O3. The molecule has 7 heteroatoms. The molecule has 1 aromatic heterocycles. The molecule has 0 spiro atoms. The summed E-state index contributed by atoms with van der Waals surface area (Å²) in [5.74, 6) is -0.266. The number of carbonyl (C=O) groups is 2. The summed E-state index contributed by atoms with van der Waals surface area (Å²) >= 11 is 0. The number of nitrogens with zero attached hydrogens (tertiary/aromatic N) is 3. The maximum atomic E-state index is 11.6. The Kier molecular flexibility index (Phi) is 4.65. The zero-order valence-electron chi connectivity index (χ0n) is 11.9. The molecule has 110 valence electrons. The predicted molar refractivity (Wildman–Crippen MR) is 76.5 cm³/mol. The normalized spacial score (nSPS) is 10.2. The number of nitrogens with one attached hydrogen (secondary N) is 1. The standard InChI is InChI=1S/C14H16N4O3/c1-3-21-12(20)9-15-14-13(10(2)19)16-17-18(14)11-7-5-4-6-8-11/h4-8,15H,3,9H2,1-2H3. The van der Waals surface area contributed by atoms with Gasteiger partial charge < -0.3 is 10.1 Å². The smallest absolute Gasteiger partial charge is 0.325 e. The molecule has 0 saturated heterocycles. The molecule has 0 atom stereocenters. The predicted octanol–water partition coefficient (Wildman–Crippen LogP) is 1.44. The van der Waals surface area contributed by atoms with Gasteiger partial charge in [0.05, 0.1) is 12.3 Å². The van der Waals surface area contributed by atoms with Gasteiger partial charge in [-0.25, -0.2) is 0 Å². The van der Waals surface area contributed by atoms with Gasteiger partial charge in [0.25, 0.3) is 0 Å². The van der Waals surface area contributed by atoms with Crippen LogP contribution in [0.25, 0.3) is 5.69 Å². The second-order valence-electron chi connectivity index (χ2n) is 4.25. The highest BCUT2D eigenvalue weighted by Gasteiger charge is 2.18. The van der Waals surface area contributed by atoms with Gasteiger partial charge in [0.15, 0.2) is 17.3 Å². The van der Waals surface area contributed by atoms with Crippen molar-refractivity contribution in [1.82, 2.24) is 15.0 Å². The summed E-state index contributed by atoms with van der Waals surface area (Å²) in [6, 6.07) is 9.22. The molecule has 0 aliphatic rings. The van der Waals surface area contributed by atoms with Gasteiger partial charge in [-0.2, -0.15) is 4.68 Å². The number of benzene rings is 1. The third-order valence-electron chi connectivity index (χ3n) is 2.71. The van der Waals surface area contributed by atoms with Crippen LogP contribution in [0.3, 0.4) is 0 Å². The number of aromatic nitrogens is 3. The van der Waals surface area contributed by atoms with E-state index in [0.717, 1.165) is 5.69 Å². The maximum absolute atomic E-state index is 11.6. The molecule has 1 N–H and O–H groups in total. The van der Waals surface area contributed by atoms with Crippen molar-refractivity contribution in [2.45, 2.75) is 13.8 Å². The fraction of sp³-hybridized carbons (Fsp3) is 0.286. The third-order valence-corrected chi connectivity index (χ3v) is 2.71. The van der Waals surface area contributed by atoms with Crippen molar-refractivity contribution >= 4 is 17.6 Å². The molecule has 0 fully saturated rings. The van der Waals surface area contributed by atoms with Gasteiger partial charge in [0, 0.05) is 6.92 Å². The summed E-state index contributed by atoms with van der Waals surface area (Å²) in [5.41, 5.74) is 0.923. The fourth-order valence-electron chi connectivity index (χ4n) is 1.80. The van der Waals surface area contributed by atoms with Crippen LogP contribution in [0.5, 0.6) is 0 Å². The molecule has 0 saturated carbocycles. The Bertz CT molecular complexity index is 637. The monoisotopic (exact) mass is 288 g/mol. The molecule has 0 aliphatic heterocycles. The van der Waals surface area contributed by atoms with Crippen LogP contribution in [0, 0.1) is 0 Å². The Morgan fingerprint density at radius 1 is 1.29 bits per heavy atom. The number of carbonyl (C=O) groups excluding carboxylic acids is 2. The van der Waals surface area contributed by atoms with Gasteiger partial charge in [-0.05, 0) is 19.1 Å². The first-order valence-electron chi connectivity index (χ1n) is 6.55. The summed E-state index contributed by atoms with van der Waals surface area (Å²) in [6.45, 7) is 3.37. The molecule has 1 aromatic carbocycles. The minimum absolute atomic E-state index is 0.0612. The lowest BCUT2D eigenvalue weighted by molar-refractivity contribution is -0.140. The molecule has 0 unspecified atom stereocenters. The first-order valence-corrected chi connectivity index (χ1v) is 6.55. The van der Waals surface area contributed by atoms with Gasteiger partial charge in [-0.3, -0.25) is 9.59 Å². The molecule has 2 aromatic rings. The van der Waals surface area contributed by atoms with E-state index < -0.39 is 5.97 Å². The quantitative estimate of drug-likeness (QED) is 0.639. The van der Waals surface area contributed by atoms with Crippen LogP contribution in [0.15, 0.2) is 30.3 Å². The first kappa shape index (κ1) is 14.7. The number of esters is 1. The Morgan fingerprint density at radius 3 is 2.62 bits per heavy atom. The summed E-state index contributed by atoms with van der Waals surface area (Å²) < 4.78 is 6.33. The van der Waals surface area contributed by atoms with Crippen molar-refractivity contribution in [3.05, 3.63) is 36.0 Å². The topological polar surface area (TPSA) is 86.1 Å². The number of ether oxygens (including phenoxy) is 1. The highest BCUT2D eigenvalue weighted by atomic mass is 16.5. The van der Waals surface area contributed by atoms with Crippen molar-refractivity contribution in [3.8, 4) is 5.69 Å². The van der Waals surface area contributed by atoms with Crippen molar-refractivity contribution in [2.75, 3.05) is 18.5 Å². The van der Waals surface area contributed by atoms with Crippen LogP contribution in [0.2, 0.25) is 0 Å². The van der Waals surface area contributed by atoms with E-state index in [1.165, 1.54) is 11.6 Å². The van der Waals surface area contributed by atoms with E-state index in [2.05, 4.69) is 15.6 Å². The van der Waals surface area contributed by atoms with Crippen molar-refractivity contribution in [1.29, 1.82) is 0 Å². The SMILES string of the molecule is CCOC(=O)CNc1c(C(C)=O)nnn1-c1ccccc1. The molecule has 21 heavy (non-hydrogen) atoms. The van der Waals surface area contributed by atoms with Gasteiger partial charge in [0.1, 0.15) is 6.54 Å². The molecule has 0 radical (unpaired) electrons. The van der Waals surface area contributed by atoms with Crippen LogP contribution >= 0.6 is 0 Å². The minimum Gasteiger partial charge on any atom is -0.465 e. The molecule has 0 aliphatic carbocycles. The number of hydrogen-bond donors (Lipinski definition) is 1. The highest BCUT2D eigenvalue weighted by Crippen LogP contribution is 2.18. The van der Waals surface area contributed by atoms with Gasteiger partial charge >= 0.3 is 5.97 Å². The fourth-order valence-corrected chi connectivity index (χ4v) is 1.80. The molecule has 2 rings (SSSR count). The van der Waals surface area contributed by atoms with Crippen LogP contribution in [0.4, 0.5) is 5.82 Å². The van der Waals surface area contributed by atoms with E-state index in [1.54, 1.807) is 6.92 Å². The van der Waals surface area contributed by atoms with E-state index in [4.69, 9.17) is 4.74 Å². The van der Waals surface area contributed by atoms with Gasteiger partial charge in [0.2, 0.25) is 0 Å². The molecule has 1 heterocycles. The Balaban J connectivity index is 2.30.